The van der Waals surface area contributed by atoms with Gasteiger partial charge in [0.05, 0.1) is 21.6 Å². The zero-order chi connectivity index (χ0) is 20.6. The fourth-order valence-electron chi connectivity index (χ4n) is 3.17. The molecule has 0 spiro atoms. The van der Waals surface area contributed by atoms with Gasteiger partial charge in [-0.15, -0.1) is 0 Å². The van der Waals surface area contributed by atoms with E-state index >= 15 is 0 Å². The summed E-state index contributed by atoms with van der Waals surface area (Å²) < 4.78 is 16.8. The average molecular weight is 399 g/mol. The lowest BCUT2D eigenvalue weighted by molar-refractivity contribution is -0.114. The Labute approximate surface area is 168 Å². The number of carbonyl (C=O) groups excluding carboxylic acids is 1. The molecule has 1 amide bonds. The second-order valence-corrected chi connectivity index (χ2v) is 9.39. The number of nitrogens with one attached hydrogen (secondary N) is 1. The molecule has 3 rings (SSSR count). The third-order valence-electron chi connectivity index (χ3n) is 4.52. The molecule has 6 nitrogen and oxygen atoms in total. The van der Waals surface area contributed by atoms with Crippen molar-refractivity contribution in [2.24, 2.45) is 7.05 Å². The van der Waals surface area contributed by atoms with Crippen LogP contribution >= 0.6 is 0 Å². The Kier molecular flexibility index (Phi) is 5.30. The molecule has 0 aliphatic rings. The summed E-state index contributed by atoms with van der Waals surface area (Å²) in [5.41, 5.74) is 3.39. The maximum absolute atomic E-state index is 13.0. The zero-order valence-electron chi connectivity index (χ0n) is 17.1. The number of nitrogens with zero attached hydrogens (tertiary/aromatic N) is 3. The number of aryl methyl sites for hydroxylation is 1. The van der Waals surface area contributed by atoms with Crippen LogP contribution in [0.3, 0.4) is 0 Å². The van der Waals surface area contributed by atoms with E-state index in [1.165, 1.54) is 6.92 Å². The molecule has 7 heteroatoms. The molecule has 0 saturated heterocycles. The number of anilines is 2. The third kappa shape index (κ3) is 3.94. The number of hydrogen-bond donors (Lipinski definition) is 1. The summed E-state index contributed by atoms with van der Waals surface area (Å²) in [5.74, 6) is 0.876. The molecule has 148 valence electrons. The van der Waals surface area contributed by atoms with E-state index < -0.39 is 11.0 Å². The molecule has 0 saturated carbocycles. The van der Waals surface area contributed by atoms with Crippen LogP contribution in [-0.4, -0.2) is 26.7 Å². The van der Waals surface area contributed by atoms with E-state index in [1.807, 2.05) is 25.2 Å². The summed E-state index contributed by atoms with van der Waals surface area (Å²) in [6, 6.07) is 13.0. The molecule has 0 fully saturated rings. The molecule has 2 aromatic carbocycles. The number of amides is 1. The van der Waals surface area contributed by atoms with Gasteiger partial charge in [-0.05, 0) is 42.5 Å². The zero-order valence-corrected chi connectivity index (χ0v) is 17.9. The molecule has 3 aromatic rings. The molecule has 0 aliphatic carbocycles. The van der Waals surface area contributed by atoms with Crippen molar-refractivity contribution in [1.29, 1.82) is 0 Å². The Balaban J connectivity index is 1.89. The van der Waals surface area contributed by atoms with Crippen LogP contribution in [0.1, 0.15) is 33.5 Å². The predicted octanol–water partition coefficient (Wildman–Crippen LogP) is 3.99. The van der Waals surface area contributed by atoms with Gasteiger partial charge in [0.25, 0.3) is 0 Å². The lowest BCUT2D eigenvalue weighted by Crippen LogP contribution is -2.20. The van der Waals surface area contributed by atoms with Gasteiger partial charge in [0.1, 0.15) is 5.82 Å². The summed E-state index contributed by atoms with van der Waals surface area (Å²) in [5, 5.41) is 2.71. The Hall–Kier alpha value is -2.67. The highest BCUT2D eigenvalue weighted by Crippen LogP contribution is 2.29. The van der Waals surface area contributed by atoms with Gasteiger partial charge in [0, 0.05) is 32.1 Å². The number of carbonyl (C=O) groups is 1. The molecular formula is C21H26N4O2S. The van der Waals surface area contributed by atoms with Crippen molar-refractivity contribution < 1.29 is 9.00 Å². The molecule has 1 heterocycles. The quantitative estimate of drug-likeness (QED) is 0.723. The van der Waals surface area contributed by atoms with Crippen LogP contribution in [0, 0.1) is 0 Å². The predicted molar refractivity (Wildman–Crippen MR) is 115 cm³/mol. The second kappa shape index (κ2) is 7.39. The monoisotopic (exact) mass is 398 g/mol. The second-order valence-electron chi connectivity index (χ2n) is 7.87. The van der Waals surface area contributed by atoms with Crippen molar-refractivity contribution in [3.63, 3.8) is 0 Å². The van der Waals surface area contributed by atoms with Crippen molar-refractivity contribution in [3.8, 4) is 0 Å². The topological polar surface area (TPSA) is 67.2 Å². The fraction of sp³-hybridized carbons (Fsp3) is 0.333. The normalized spacial score (nSPS) is 12.8. The minimum absolute atomic E-state index is 0.0572. The number of aromatic nitrogens is 2. The molecule has 1 N–H and O–H groups in total. The van der Waals surface area contributed by atoms with E-state index in [0.717, 1.165) is 22.5 Å². The minimum atomic E-state index is -1.37. The minimum Gasteiger partial charge on any atom is -0.331 e. The maximum atomic E-state index is 13.0. The Morgan fingerprint density at radius 3 is 2.36 bits per heavy atom. The summed E-state index contributed by atoms with van der Waals surface area (Å²) >= 11 is 0. The first kappa shape index (κ1) is 20.1. The van der Waals surface area contributed by atoms with E-state index in [0.29, 0.717) is 10.6 Å². The summed E-state index contributed by atoms with van der Waals surface area (Å²) in [4.78, 5) is 16.6. The molecule has 0 aliphatic heterocycles. The molecule has 0 radical (unpaired) electrons. The number of fused-ring (bicyclic) bond motifs is 1. The van der Waals surface area contributed by atoms with Gasteiger partial charge in [-0.2, -0.15) is 0 Å². The first-order chi connectivity index (χ1) is 13.1. The average Bonchev–Trinajstić information content (AvgIpc) is 2.97. The van der Waals surface area contributed by atoms with Crippen LogP contribution in [0.5, 0.6) is 0 Å². The van der Waals surface area contributed by atoms with E-state index in [4.69, 9.17) is 4.98 Å². The summed E-state index contributed by atoms with van der Waals surface area (Å²) in [7, 11) is 2.45. The van der Waals surface area contributed by atoms with Crippen LogP contribution < -0.4 is 9.62 Å². The Morgan fingerprint density at radius 1 is 1.14 bits per heavy atom. The van der Waals surface area contributed by atoms with Crippen molar-refractivity contribution in [2.45, 2.75) is 38.0 Å². The smallest absolute Gasteiger partial charge is 0.221 e. The van der Waals surface area contributed by atoms with Crippen molar-refractivity contribution >= 4 is 39.3 Å². The van der Waals surface area contributed by atoms with Gasteiger partial charge in [0.15, 0.2) is 11.0 Å². The largest absolute Gasteiger partial charge is 0.331 e. The standard InChI is InChI=1S/C21H26N4O2S/c1-14(26)22-15-7-10-17(11-8-15)28(27)25(6)16-9-12-19-18(13-16)23-20(24(19)5)21(2,3)4/h7-13H,1-6H3,(H,22,26). The highest BCUT2D eigenvalue weighted by molar-refractivity contribution is 7.86. The van der Waals surface area contributed by atoms with E-state index in [9.17, 15) is 9.00 Å². The van der Waals surface area contributed by atoms with Crippen molar-refractivity contribution in [1.82, 2.24) is 9.55 Å². The molecule has 1 aromatic heterocycles. The van der Waals surface area contributed by atoms with Crippen LogP contribution in [0.2, 0.25) is 0 Å². The highest BCUT2D eigenvalue weighted by atomic mass is 32.2. The number of benzene rings is 2. The lowest BCUT2D eigenvalue weighted by atomic mass is 9.96. The van der Waals surface area contributed by atoms with Crippen molar-refractivity contribution in [3.05, 3.63) is 48.3 Å². The summed E-state index contributed by atoms with van der Waals surface area (Å²) in [6.07, 6.45) is 0. The van der Waals surface area contributed by atoms with E-state index in [1.54, 1.807) is 35.6 Å². The van der Waals surface area contributed by atoms with Crippen LogP contribution in [0.25, 0.3) is 11.0 Å². The van der Waals surface area contributed by atoms with Gasteiger partial charge in [0.2, 0.25) is 5.91 Å². The molecule has 1 atom stereocenters. The van der Waals surface area contributed by atoms with Gasteiger partial charge >= 0.3 is 0 Å². The highest BCUT2D eigenvalue weighted by Gasteiger charge is 2.22. The third-order valence-corrected chi connectivity index (χ3v) is 5.91. The first-order valence-electron chi connectivity index (χ1n) is 9.08. The maximum Gasteiger partial charge on any atom is 0.221 e. The molecule has 1 unspecified atom stereocenters. The van der Waals surface area contributed by atoms with E-state index in [-0.39, 0.29) is 11.3 Å². The molecule has 0 bridgehead atoms. The molecular weight excluding hydrogens is 372 g/mol. The van der Waals surface area contributed by atoms with Gasteiger partial charge in [-0.1, -0.05) is 20.8 Å². The SMILES string of the molecule is CC(=O)Nc1ccc(S(=O)N(C)c2ccc3c(c2)nc(C(C)(C)C)n3C)cc1. The number of imidazole rings is 1. The van der Waals surface area contributed by atoms with Crippen molar-refractivity contribution in [2.75, 3.05) is 16.7 Å². The van der Waals surface area contributed by atoms with Gasteiger partial charge in [-0.25, -0.2) is 9.19 Å². The van der Waals surface area contributed by atoms with E-state index in [2.05, 4.69) is 30.7 Å². The van der Waals surface area contributed by atoms with Gasteiger partial charge in [-0.3, -0.25) is 9.10 Å². The summed E-state index contributed by atoms with van der Waals surface area (Å²) in [6.45, 7) is 7.88. The number of rotatable bonds is 4. The van der Waals surface area contributed by atoms with Crippen LogP contribution in [0.15, 0.2) is 47.4 Å². The first-order valence-corrected chi connectivity index (χ1v) is 10.2. The lowest BCUT2D eigenvalue weighted by Gasteiger charge is -2.18. The number of hydrogen-bond acceptors (Lipinski definition) is 3. The van der Waals surface area contributed by atoms with Crippen LogP contribution in [-0.2, 0) is 28.2 Å². The Morgan fingerprint density at radius 2 is 1.79 bits per heavy atom. The molecule has 28 heavy (non-hydrogen) atoms. The fourth-order valence-corrected chi connectivity index (χ4v) is 4.16. The Bertz CT molecular complexity index is 1050. The van der Waals surface area contributed by atoms with Crippen LogP contribution in [0.4, 0.5) is 11.4 Å². The van der Waals surface area contributed by atoms with Gasteiger partial charge < -0.3 is 9.88 Å².